The molecule has 0 saturated carbocycles. The van der Waals surface area contributed by atoms with Gasteiger partial charge in [0, 0.05) is 6.04 Å². The van der Waals surface area contributed by atoms with Crippen molar-refractivity contribution in [2.45, 2.75) is 19.4 Å². The third-order valence-electron chi connectivity index (χ3n) is 3.16. The van der Waals surface area contributed by atoms with Crippen LogP contribution in [-0.2, 0) is 0 Å². The van der Waals surface area contributed by atoms with Gasteiger partial charge in [0.05, 0.1) is 14.2 Å². The van der Waals surface area contributed by atoms with Crippen molar-refractivity contribution >= 4 is 0 Å². The smallest absolute Gasteiger partial charge is 0.161 e. The molecule has 2 atom stereocenters. The second-order valence-corrected chi connectivity index (χ2v) is 4.42. The van der Waals surface area contributed by atoms with Crippen LogP contribution in [0.3, 0.4) is 0 Å². The molecule has 0 aromatic heterocycles. The van der Waals surface area contributed by atoms with Gasteiger partial charge < -0.3 is 14.8 Å². The van der Waals surface area contributed by atoms with Crippen molar-refractivity contribution in [2.75, 3.05) is 20.8 Å². The van der Waals surface area contributed by atoms with Gasteiger partial charge in [-0.15, -0.1) is 0 Å². The SMILES string of the molecule is COc1ccc(C2CC(C)CN2)cc1OC. The molecule has 2 rings (SSSR count). The highest BCUT2D eigenvalue weighted by Gasteiger charge is 2.22. The van der Waals surface area contributed by atoms with Crippen LogP contribution in [0.1, 0.15) is 24.9 Å². The molecule has 0 bridgehead atoms. The van der Waals surface area contributed by atoms with E-state index < -0.39 is 0 Å². The van der Waals surface area contributed by atoms with Crippen molar-refractivity contribution in [1.29, 1.82) is 0 Å². The van der Waals surface area contributed by atoms with E-state index in [4.69, 9.17) is 9.47 Å². The fourth-order valence-electron chi connectivity index (χ4n) is 2.24. The molecule has 0 spiro atoms. The number of methoxy groups -OCH3 is 2. The molecule has 1 heterocycles. The van der Waals surface area contributed by atoms with Gasteiger partial charge in [0.2, 0.25) is 0 Å². The molecule has 16 heavy (non-hydrogen) atoms. The summed E-state index contributed by atoms with van der Waals surface area (Å²) >= 11 is 0. The topological polar surface area (TPSA) is 30.5 Å². The summed E-state index contributed by atoms with van der Waals surface area (Å²) in [6.45, 7) is 3.37. The molecular formula is C13H19NO2. The Kier molecular flexibility index (Phi) is 3.34. The lowest BCUT2D eigenvalue weighted by atomic mass is 10.0. The molecule has 1 aliphatic heterocycles. The molecule has 3 heteroatoms. The van der Waals surface area contributed by atoms with E-state index in [0.717, 1.165) is 24.0 Å². The molecule has 0 radical (unpaired) electrons. The zero-order valence-electron chi connectivity index (χ0n) is 10.1. The second-order valence-electron chi connectivity index (χ2n) is 4.42. The first kappa shape index (κ1) is 11.3. The lowest BCUT2D eigenvalue weighted by Gasteiger charge is -2.14. The van der Waals surface area contributed by atoms with Gasteiger partial charge in [-0.2, -0.15) is 0 Å². The minimum absolute atomic E-state index is 0.454. The summed E-state index contributed by atoms with van der Waals surface area (Å²) in [5.41, 5.74) is 1.28. The summed E-state index contributed by atoms with van der Waals surface area (Å²) in [5.74, 6) is 2.34. The van der Waals surface area contributed by atoms with Crippen LogP contribution in [0.25, 0.3) is 0 Å². The quantitative estimate of drug-likeness (QED) is 0.850. The van der Waals surface area contributed by atoms with Crippen LogP contribution >= 0.6 is 0 Å². The van der Waals surface area contributed by atoms with Gasteiger partial charge in [0.25, 0.3) is 0 Å². The second kappa shape index (κ2) is 4.74. The number of rotatable bonds is 3. The molecular weight excluding hydrogens is 202 g/mol. The van der Waals surface area contributed by atoms with Crippen LogP contribution in [0.5, 0.6) is 11.5 Å². The van der Waals surface area contributed by atoms with E-state index in [2.05, 4.69) is 24.4 Å². The number of ether oxygens (including phenoxy) is 2. The van der Waals surface area contributed by atoms with Crippen LogP contribution in [0, 0.1) is 5.92 Å². The Morgan fingerprint density at radius 3 is 2.50 bits per heavy atom. The van der Waals surface area contributed by atoms with Gasteiger partial charge in [0.15, 0.2) is 11.5 Å². The van der Waals surface area contributed by atoms with Gasteiger partial charge in [-0.3, -0.25) is 0 Å². The maximum atomic E-state index is 5.31. The molecule has 3 nitrogen and oxygen atoms in total. The summed E-state index contributed by atoms with van der Waals surface area (Å²) in [5, 5.41) is 3.52. The average molecular weight is 221 g/mol. The minimum Gasteiger partial charge on any atom is -0.493 e. The van der Waals surface area contributed by atoms with Gasteiger partial charge in [0.1, 0.15) is 0 Å². The highest BCUT2D eigenvalue weighted by atomic mass is 16.5. The first-order valence-corrected chi connectivity index (χ1v) is 5.70. The summed E-state index contributed by atoms with van der Waals surface area (Å²) in [7, 11) is 3.33. The molecule has 0 amide bonds. The van der Waals surface area contributed by atoms with Crippen molar-refractivity contribution in [3.05, 3.63) is 23.8 Å². The third kappa shape index (κ3) is 2.14. The van der Waals surface area contributed by atoms with E-state index in [1.165, 1.54) is 12.0 Å². The van der Waals surface area contributed by atoms with E-state index in [1.807, 2.05) is 6.07 Å². The molecule has 1 aliphatic rings. The van der Waals surface area contributed by atoms with E-state index in [1.54, 1.807) is 14.2 Å². The van der Waals surface area contributed by atoms with E-state index in [9.17, 15) is 0 Å². The molecule has 1 aromatic carbocycles. The number of hydrogen-bond acceptors (Lipinski definition) is 3. The van der Waals surface area contributed by atoms with E-state index in [0.29, 0.717) is 6.04 Å². The normalized spacial score (nSPS) is 24.4. The summed E-state index contributed by atoms with van der Waals surface area (Å²) in [6, 6.07) is 6.60. The Morgan fingerprint density at radius 1 is 1.19 bits per heavy atom. The highest BCUT2D eigenvalue weighted by molar-refractivity contribution is 5.43. The fourth-order valence-corrected chi connectivity index (χ4v) is 2.24. The maximum Gasteiger partial charge on any atom is 0.161 e. The zero-order chi connectivity index (χ0) is 11.5. The summed E-state index contributed by atoms with van der Waals surface area (Å²) in [4.78, 5) is 0. The largest absolute Gasteiger partial charge is 0.493 e. The van der Waals surface area contributed by atoms with Gasteiger partial charge in [-0.05, 0) is 36.6 Å². The molecule has 2 unspecified atom stereocenters. The minimum atomic E-state index is 0.454. The van der Waals surface area contributed by atoms with Crippen LogP contribution in [0.15, 0.2) is 18.2 Å². The van der Waals surface area contributed by atoms with Crippen LogP contribution in [0.4, 0.5) is 0 Å². The van der Waals surface area contributed by atoms with Crippen LogP contribution < -0.4 is 14.8 Å². The summed E-state index contributed by atoms with van der Waals surface area (Å²) in [6.07, 6.45) is 1.19. The van der Waals surface area contributed by atoms with Gasteiger partial charge >= 0.3 is 0 Å². The highest BCUT2D eigenvalue weighted by Crippen LogP contribution is 2.33. The third-order valence-corrected chi connectivity index (χ3v) is 3.16. The van der Waals surface area contributed by atoms with Crippen LogP contribution in [-0.4, -0.2) is 20.8 Å². The van der Waals surface area contributed by atoms with Crippen molar-refractivity contribution in [3.8, 4) is 11.5 Å². The standard InChI is InChI=1S/C13H19NO2/c1-9-6-11(14-8-9)10-4-5-12(15-2)13(7-10)16-3/h4-5,7,9,11,14H,6,8H2,1-3H3. The number of hydrogen-bond donors (Lipinski definition) is 1. The Morgan fingerprint density at radius 2 is 1.94 bits per heavy atom. The Bertz CT molecular complexity index is 365. The predicted molar refractivity (Wildman–Crippen MR) is 64.1 cm³/mol. The van der Waals surface area contributed by atoms with E-state index >= 15 is 0 Å². The lowest BCUT2D eigenvalue weighted by Crippen LogP contribution is -2.13. The predicted octanol–water partition coefficient (Wildman–Crippen LogP) is 2.37. The molecule has 1 fully saturated rings. The molecule has 88 valence electrons. The van der Waals surface area contributed by atoms with Gasteiger partial charge in [-0.1, -0.05) is 13.0 Å². The zero-order valence-corrected chi connectivity index (χ0v) is 10.1. The molecule has 1 aromatic rings. The fraction of sp³-hybridized carbons (Fsp3) is 0.538. The Hall–Kier alpha value is -1.22. The Balaban J connectivity index is 2.22. The first-order chi connectivity index (χ1) is 7.74. The van der Waals surface area contributed by atoms with Crippen molar-refractivity contribution in [1.82, 2.24) is 5.32 Å². The lowest BCUT2D eigenvalue weighted by molar-refractivity contribution is 0.354. The van der Waals surface area contributed by atoms with Crippen molar-refractivity contribution in [2.24, 2.45) is 5.92 Å². The maximum absolute atomic E-state index is 5.31. The monoisotopic (exact) mass is 221 g/mol. The number of nitrogens with one attached hydrogen (secondary N) is 1. The van der Waals surface area contributed by atoms with Gasteiger partial charge in [-0.25, -0.2) is 0 Å². The Labute approximate surface area is 96.8 Å². The number of benzene rings is 1. The summed E-state index contributed by atoms with van der Waals surface area (Å²) < 4.78 is 10.5. The van der Waals surface area contributed by atoms with E-state index in [-0.39, 0.29) is 0 Å². The molecule has 1 N–H and O–H groups in total. The molecule has 1 saturated heterocycles. The van der Waals surface area contributed by atoms with Crippen LogP contribution in [0.2, 0.25) is 0 Å². The average Bonchev–Trinajstić information content (AvgIpc) is 2.75. The molecule has 0 aliphatic carbocycles. The van der Waals surface area contributed by atoms with Crippen molar-refractivity contribution < 1.29 is 9.47 Å². The van der Waals surface area contributed by atoms with Crippen molar-refractivity contribution in [3.63, 3.8) is 0 Å². The first-order valence-electron chi connectivity index (χ1n) is 5.70.